The molecule has 0 spiro atoms. The lowest BCUT2D eigenvalue weighted by atomic mass is 9.97. The monoisotopic (exact) mass is 376 g/mol. The normalized spacial score (nSPS) is 14.9. The molecule has 0 unspecified atom stereocenters. The Balaban J connectivity index is 3.67. The molecule has 3 nitrogen and oxygen atoms in total. The zero-order valence-electron chi connectivity index (χ0n) is 10.4. The van der Waals surface area contributed by atoms with Gasteiger partial charge in [-0.2, -0.15) is 47.9 Å². The van der Waals surface area contributed by atoms with Gasteiger partial charge in [0.2, 0.25) is 0 Å². The summed E-state index contributed by atoms with van der Waals surface area (Å²) >= 11 is 0. The zero-order valence-corrected chi connectivity index (χ0v) is 11.2. The smallest absolute Gasteiger partial charge is 0.282 e. The van der Waals surface area contributed by atoms with E-state index in [-0.39, 0.29) is 12.1 Å². The molecule has 1 aromatic carbocycles. The molecule has 23 heavy (non-hydrogen) atoms. The molecule has 0 aromatic heterocycles. The van der Waals surface area contributed by atoms with Crippen molar-refractivity contribution in [3.8, 4) is 0 Å². The second kappa shape index (κ2) is 5.26. The van der Waals surface area contributed by atoms with Gasteiger partial charge in [-0.1, -0.05) is 18.2 Å². The van der Waals surface area contributed by atoms with Gasteiger partial charge in [0, 0.05) is 5.56 Å². The molecule has 0 saturated heterocycles. The maximum Gasteiger partial charge on any atom is 0.460 e. The minimum atomic E-state index is -7.17. The molecule has 1 N–H and O–H groups in total. The van der Waals surface area contributed by atoms with E-state index < -0.39 is 44.5 Å². The number of halogens is 9. The van der Waals surface area contributed by atoms with E-state index in [1.54, 1.807) is 0 Å². The Morgan fingerprint density at radius 1 is 0.783 bits per heavy atom. The molecule has 0 fully saturated rings. The number of alkyl halides is 9. The van der Waals surface area contributed by atoms with E-state index in [0.717, 1.165) is 0 Å². The highest BCUT2D eigenvalue weighted by Gasteiger charge is 2.82. The van der Waals surface area contributed by atoms with Crippen LogP contribution in [0.15, 0.2) is 29.2 Å². The standard InChI is InChI=1S/C10H5F9O3S/c11-7(12,8(13,14)9(15,16)10(17,18)19)5-3-1-2-4-6(5)23(20,21)22/h1-4H,(H,20,21,22). The van der Waals surface area contributed by atoms with Crippen LogP contribution >= 0.6 is 0 Å². The van der Waals surface area contributed by atoms with E-state index in [1.807, 2.05) is 0 Å². The van der Waals surface area contributed by atoms with Gasteiger partial charge in [0.05, 0.1) is 0 Å². The van der Waals surface area contributed by atoms with Crippen molar-refractivity contribution in [3.05, 3.63) is 29.8 Å². The van der Waals surface area contributed by atoms with Crippen LogP contribution in [0.1, 0.15) is 5.56 Å². The van der Waals surface area contributed by atoms with Gasteiger partial charge in [-0.25, -0.2) is 0 Å². The number of benzene rings is 1. The molecule has 0 aliphatic heterocycles. The summed E-state index contributed by atoms with van der Waals surface area (Å²) in [6.45, 7) is 0. The molecule has 0 radical (unpaired) electrons. The first-order chi connectivity index (χ1) is 9.98. The van der Waals surface area contributed by atoms with Crippen LogP contribution in [-0.2, 0) is 16.0 Å². The van der Waals surface area contributed by atoms with Crippen molar-refractivity contribution in [2.75, 3.05) is 0 Å². The third-order valence-electron chi connectivity index (χ3n) is 2.65. The first kappa shape index (κ1) is 19.5. The Labute approximate surface area is 122 Å². The summed E-state index contributed by atoms with van der Waals surface area (Å²) in [5, 5.41) is 0. The molecule has 0 heterocycles. The van der Waals surface area contributed by atoms with Gasteiger partial charge in [-0.15, -0.1) is 0 Å². The summed E-state index contributed by atoms with van der Waals surface area (Å²) < 4.78 is 146. The van der Waals surface area contributed by atoms with Gasteiger partial charge in [-0.05, 0) is 6.07 Å². The maximum atomic E-state index is 13.6. The summed E-state index contributed by atoms with van der Waals surface area (Å²) in [6, 6.07) is 1.16. The lowest BCUT2D eigenvalue weighted by Gasteiger charge is -2.34. The second-order valence-electron chi connectivity index (χ2n) is 4.19. The fourth-order valence-electron chi connectivity index (χ4n) is 1.50. The van der Waals surface area contributed by atoms with Crippen LogP contribution in [0.2, 0.25) is 0 Å². The predicted molar refractivity (Wildman–Crippen MR) is 56.1 cm³/mol. The summed E-state index contributed by atoms with van der Waals surface area (Å²) in [7, 11) is -5.60. The summed E-state index contributed by atoms with van der Waals surface area (Å²) in [5.74, 6) is -20.5. The van der Waals surface area contributed by atoms with Gasteiger partial charge < -0.3 is 0 Å². The molecule has 0 aliphatic rings. The quantitative estimate of drug-likeness (QED) is 0.642. The first-order valence-electron chi connectivity index (χ1n) is 5.25. The van der Waals surface area contributed by atoms with Crippen molar-refractivity contribution in [1.29, 1.82) is 0 Å². The average Bonchev–Trinajstić information content (AvgIpc) is 2.36. The molecule has 1 rings (SSSR count). The lowest BCUT2D eigenvalue weighted by molar-refractivity contribution is -0.399. The van der Waals surface area contributed by atoms with E-state index in [2.05, 4.69) is 0 Å². The Morgan fingerprint density at radius 2 is 1.22 bits per heavy atom. The number of hydrogen-bond donors (Lipinski definition) is 1. The summed E-state index contributed by atoms with van der Waals surface area (Å²) in [5.41, 5.74) is -2.41. The van der Waals surface area contributed by atoms with Gasteiger partial charge in [0.25, 0.3) is 10.1 Å². The minimum absolute atomic E-state index is 0.122. The highest BCUT2D eigenvalue weighted by molar-refractivity contribution is 7.85. The van der Waals surface area contributed by atoms with Gasteiger partial charge in [0.1, 0.15) is 4.90 Å². The van der Waals surface area contributed by atoms with Crippen LogP contribution in [0.5, 0.6) is 0 Å². The van der Waals surface area contributed by atoms with E-state index in [1.165, 1.54) is 0 Å². The third-order valence-corrected chi connectivity index (χ3v) is 3.56. The van der Waals surface area contributed by atoms with Gasteiger partial charge in [-0.3, -0.25) is 4.55 Å². The molecule has 0 atom stereocenters. The van der Waals surface area contributed by atoms with E-state index in [4.69, 9.17) is 4.55 Å². The highest BCUT2D eigenvalue weighted by atomic mass is 32.2. The SMILES string of the molecule is O=S(=O)(O)c1ccccc1C(F)(F)C(F)(F)C(F)(F)C(F)(F)F. The van der Waals surface area contributed by atoms with Crippen LogP contribution in [0.3, 0.4) is 0 Å². The predicted octanol–water partition coefficient (Wildman–Crippen LogP) is 3.86. The van der Waals surface area contributed by atoms with E-state index >= 15 is 0 Å². The van der Waals surface area contributed by atoms with E-state index in [0.29, 0.717) is 12.1 Å². The summed E-state index contributed by atoms with van der Waals surface area (Å²) in [4.78, 5) is -1.93. The molecule has 0 bridgehead atoms. The van der Waals surface area contributed by atoms with Crippen molar-refractivity contribution >= 4 is 10.1 Å². The lowest BCUT2D eigenvalue weighted by Crippen LogP contribution is -2.59. The topological polar surface area (TPSA) is 54.4 Å². The zero-order chi connectivity index (χ0) is 18.5. The molecule has 0 aliphatic carbocycles. The van der Waals surface area contributed by atoms with Crippen molar-refractivity contribution in [2.24, 2.45) is 0 Å². The molecule has 132 valence electrons. The summed E-state index contributed by atoms with van der Waals surface area (Å²) in [6.07, 6.45) is -7.03. The van der Waals surface area contributed by atoms with Gasteiger partial charge in [0.15, 0.2) is 0 Å². The van der Waals surface area contributed by atoms with Crippen LogP contribution in [0.4, 0.5) is 39.5 Å². The van der Waals surface area contributed by atoms with Crippen molar-refractivity contribution in [1.82, 2.24) is 0 Å². The molecule has 13 heteroatoms. The third kappa shape index (κ3) is 2.98. The molecule has 0 saturated carbocycles. The van der Waals surface area contributed by atoms with Gasteiger partial charge >= 0.3 is 23.9 Å². The largest absolute Gasteiger partial charge is 0.460 e. The highest BCUT2D eigenvalue weighted by Crippen LogP contribution is 2.57. The Morgan fingerprint density at radius 3 is 1.61 bits per heavy atom. The molecule has 0 amide bonds. The van der Waals surface area contributed by atoms with Crippen LogP contribution in [0.25, 0.3) is 0 Å². The number of rotatable bonds is 4. The fraction of sp³-hybridized carbons (Fsp3) is 0.400. The maximum absolute atomic E-state index is 13.6. The Bertz CT molecular complexity index is 694. The molecule has 1 aromatic rings. The van der Waals surface area contributed by atoms with Crippen molar-refractivity contribution in [3.63, 3.8) is 0 Å². The Kier molecular flexibility index (Phi) is 4.47. The second-order valence-corrected chi connectivity index (χ2v) is 5.58. The van der Waals surface area contributed by atoms with Crippen LogP contribution < -0.4 is 0 Å². The number of hydrogen-bond acceptors (Lipinski definition) is 2. The molecular formula is C10H5F9O3S. The fourth-order valence-corrected chi connectivity index (χ4v) is 2.22. The van der Waals surface area contributed by atoms with Crippen LogP contribution in [-0.4, -0.2) is 31.0 Å². The van der Waals surface area contributed by atoms with E-state index in [9.17, 15) is 47.9 Å². The average molecular weight is 376 g/mol. The first-order valence-corrected chi connectivity index (χ1v) is 6.69. The van der Waals surface area contributed by atoms with Crippen molar-refractivity contribution in [2.45, 2.75) is 28.8 Å². The van der Waals surface area contributed by atoms with Crippen LogP contribution in [0, 0.1) is 0 Å². The Hall–Kier alpha value is -1.50. The molecular weight excluding hydrogens is 371 g/mol. The minimum Gasteiger partial charge on any atom is -0.282 e. The van der Waals surface area contributed by atoms with Crippen molar-refractivity contribution < 1.29 is 52.5 Å².